The molecule has 0 bridgehead atoms. The smallest absolute Gasteiger partial charge is 0.316 e. The molecule has 1 fully saturated rings. The van der Waals surface area contributed by atoms with Gasteiger partial charge in [-0.2, -0.15) is 0 Å². The van der Waals surface area contributed by atoms with E-state index >= 15 is 0 Å². The number of carbonyl (C=O) groups excluding carboxylic acids is 2. The van der Waals surface area contributed by atoms with E-state index < -0.39 is 5.92 Å². The van der Waals surface area contributed by atoms with Crippen LogP contribution in [0, 0.1) is 17.8 Å². The number of hydrogen-bond donors (Lipinski definition) is 0. The van der Waals surface area contributed by atoms with Gasteiger partial charge in [-0.25, -0.2) is 0 Å². The van der Waals surface area contributed by atoms with Gasteiger partial charge in [0, 0.05) is 6.42 Å². The Kier molecular flexibility index (Phi) is 2.89. The molecule has 0 aromatic rings. The summed E-state index contributed by atoms with van der Waals surface area (Å²) in [5.74, 6) is -0.157. The Morgan fingerprint density at radius 2 is 2.20 bits per heavy atom. The Bertz CT molecular complexity index is 306. The van der Waals surface area contributed by atoms with E-state index in [1.54, 1.807) is 6.92 Å². The van der Waals surface area contributed by atoms with E-state index in [2.05, 4.69) is 12.2 Å². The lowest BCUT2D eigenvalue weighted by molar-refractivity contribution is -0.152. The van der Waals surface area contributed by atoms with Gasteiger partial charge in [0.15, 0.2) is 0 Å². The van der Waals surface area contributed by atoms with Crippen LogP contribution in [0.15, 0.2) is 12.2 Å². The van der Waals surface area contributed by atoms with Crippen LogP contribution < -0.4 is 0 Å². The Labute approximate surface area is 89.5 Å². The van der Waals surface area contributed by atoms with Gasteiger partial charge < -0.3 is 4.74 Å². The number of Topliss-reactive ketones (excluding diaryl/α,β-unsaturated/α-hetero) is 1. The maximum Gasteiger partial charge on any atom is 0.316 e. The maximum absolute atomic E-state index is 11.7. The molecule has 3 nitrogen and oxygen atoms in total. The quantitative estimate of drug-likeness (QED) is 0.394. The summed E-state index contributed by atoms with van der Waals surface area (Å²) >= 11 is 0. The molecule has 0 radical (unpaired) electrons. The summed E-state index contributed by atoms with van der Waals surface area (Å²) < 4.78 is 4.96. The zero-order valence-corrected chi connectivity index (χ0v) is 8.94. The molecule has 0 amide bonds. The monoisotopic (exact) mass is 208 g/mol. The first-order valence-electron chi connectivity index (χ1n) is 5.58. The zero-order valence-electron chi connectivity index (χ0n) is 8.94. The molecule has 0 N–H and O–H groups in total. The molecule has 0 aliphatic heterocycles. The number of ether oxygens (including phenoxy) is 1. The van der Waals surface area contributed by atoms with Crippen LogP contribution in [-0.2, 0) is 14.3 Å². The summed E-state index contributed by atoms with van der Waals surface area (Å²) in [6, 6.07) is 0. The average molecular weight is 208 g/mol. The second kappa shape index (κ2) is 4.17. The minimum absolute atomic E-state index is 0.0761. The van der Waals surface area contributed by atoms with Gasteiger partial charge in [-0.15, -0.1) is 0 Å². The van der Waals surface area contributed by atoms with E-state index in [9.17, 15) is 9.59 Å². The van der Waals surface area contributed by atoms with Crippen molar-refractivity contribution >= 4 is 11.8 Å². The molecule has 0 unspecified atom stereocenters. The van der Waals surface area contributed by atoms with Crippen LogP contribution in [0.5, 0.6) is 0 Å². The van der Waals surface area contributed by atoms with Crippen molar-refractivity contribution in [2.24, 2.45) is 17.8 Å². The van der Waals surface area contributed by atoms with Crippen molar-refractivity contribution in [1.82, 2.24) is 0 Å². The predicted molar refractivity (Wildman–Crippen MR) is 55.1 cm³/mol. The van der Waals surface area contributed by atoms with Gasteiger partial charge in [0.25, 0.3) is 0 Å². The van der Waals surface area contributed by atoms with Crippen molar-refractivity contribution in [3.05, 3.63) is 12.2 Å². The third-order valence-corrected chi connectivity index (χ3v) is 3.40. The molecule has 2 aliphatic rings. The number of allylic oxidation sites excluding steroid dienone is 2. The van der Waals surface area contributed by atoms with Crippen molar-refractivity contribution in [1.29, 1.82) is 0 Å². The van der Waals surface area contributed by atoms with E-state index in [1.165, 1.54) is 0 Å². The number of fused-ring (bicyclic) bond motifs is 1. The Hall–Kier alpha value is -1.12. The first kappa shape index (κ1) is 10.4. The molecule has 1 saturated carbocycles. The summed E-state index contributed by atoms with van der Waals surface area (Å²) in [6.07, 6.45) is 6.53. The fraction of sp³-hybridized carbons (Fsp3) is 0.667. The highest BCUT2D eigenvalue weighted by Gasteiger charge is 2.46. The van der Waals surface area contributed by atoms with Crippen molar-refractivity contribution in [2.45, 2.75) is 26.2 Å². The summed E-state index contributed by atoms with van der Waals surface area (Å²) in [4.78, 5) is 23.4. The van der Waals surface area contributed by atoms with E-state index in [0.29, 0.717) is 18.9 Å². The summed E-state index contributed by atoms with van der Waals surface area (Å²) in [5, 5.41) is 0. The first-order chi connectivity index (χ1) is 7.24. The lowest BCUT2D eigenvalue weighted by atomic mass is 9.81. The van der Waals surface area contributed by atoms with Crippen molar-refractivity contribution in [3.8, 4) is 0 Å². The third kappa shape index (κ3) is 1.83. The number of rotatable bonds is 2. The van der Waals surface area contributed by atoms with Crippen LogP contribution in [0.25, 0.3) is 0 Å². The molecule has 15 heavy (non-hydrogen) atoms. The fourth-order valence-electron chi connectivity index (χ4n) is 2.70. The van der Waals surface area contributed by atoms with E-state index in [0.717, 1.165) is 12.8 Å². The molecular formula is C12H16O3. The second-order valence-electron chi connectivity index (χ2n) is 4.27. The zero-order chi connectivity index (χ0) is 10.8. The lowest BCUT2D eigenvalue weighted by Crippen LogP contribution is -2.28. The summed E-state index contributed by atoms with van der Waals surface area (Å²) in [7, 11) is 0. The maximum atomic E-state index is 11.7. The van der Waals surface area contributed by atoms with Gasteiger partial charge in [0.2, 0.25) is 0 Å². The fourth-order valence-corrected chi connectivity index (χ4v) is 2.70. The van der Waals surface area contributed by atoms with Crippen molar-refractivity contribution in [3.63, 3.8) is 0 Å². The lowest BCUT2D eigenvalue weighted by Gasteiger charge is -2.23. The molecule has 0 aromatic carbocycles. The van der Waals surface area contributed by atoms with Crippen LogP contribution in [0.2, 0.25) is 0 Å². The highest BCUT2D eigenvalue weighted by molar-refractivity contribution is 6.01. The minimum atomic E-state index is -0.486. The Morgan fingerprint density at radius 3 is 2.93 bits per heavy atom. The number of esters is 1. The molecule has 2 rings (SSSR count). The van der Waals surface area contributed by atoms with Crippen LogP contribution in [0.3, 0.4) is 0 Å². The van der Waals surface area contributed by atoms with Crippen LogP contribution in [0.1, 0.15) is 26.2 Å². The van der Waals surface area contributed by atoms with Gasteiger partial charge in [-0.3, -0.25) is 9.59 Å². The first-order valence-corrected chi connectivity index (χ1v) is 5.58. The standard InChI is InChI=1S/C12H16O3/c1-2-15-12(14)11-9-6-4-3-5-8(9)7-10(11)13/h3-4,8-9,11H,2,5-7H2,1H3/t8-,9-,11-/m1/s1. The van der Waals surface area contributed by atoms with Gasteiger partial charge in [0.1, 0.15) is 11.7 Å². The number of ketones is 1. The number of hydrogen-bond acceptors (Lipinski definition) is 3. The van der Waals surface area contributed by atoms with Gasteiger partial charge in [-0.1, -0.05) is 12.2 Å². The molecule has 3 atom stereocenters. The molecule has 0 heterocycles. The normalized spacial score (nSPS) is 33.9. The largest absolute Gasteiger partial charge is 0.465 e. The molecule has 0 spiro atoms. The molecule has 82 valence electrons. The van der Waals surface area contributed by atoms with Crippen molar-refractivity contribution in [2.75, 3.05) is 6.61 Å². The van der Waals surface area contributed by atoms with Gasteiger partial charge >= 0.3 is 5.97 Å². The summed E-state index contributed by atoms with van der Waals surface area (Å²) in [5.41, 5.74) is 0. The molecular weight excluding hydrogens is 192 g/mol. The highest BCUT2D eigenvalue weighted by atomic mass is 16.5. The third-order valence-electron chi connectivity index (χ3n) is 3.40. The average Bonchev–Trinajstić information content (AvgIpc) is 2.54. The molecule has 0 aromatic heterocycles. The number of carbonyl (C=O) groups is 2. The molecule has 3 heteroatoms. The van der Waals surface area contributed by atoms with E-state index in [4.69, 9.17) is 4.74 Å². The molecule has 2 aliphatic carbocycles. The minimum Gasteiger partial charge on any atom is -0.465 e. The Balaban J connectivity index is 2.13. The van der Waals surface area contributed by atoms with Gasteiger partial charge in [0.05, 0.1) is 6.61 Å². The highest BCUT2D eigenvalue weighted by Crippen LogP contribution is 2.42. The van der Waals surface area contributed by atoms with Crippen LogP contribution in [-0.4, -0.2) is 18.4 Å². The van der Waals surface area contributed by atoms with Gasteiger partial charge in [-0.05, 0) is 31.6 Å². The second-order valence-corrected chi connectivity index (χ2v) is 4.27. The predicted octanol–water partition coefficient (Wildman–Crippen LogP) is 1.72. The SMILES string of the molecule is CCOC(=O)[C@H]1C(=O)C[C@H]2CC=CC[C@H]21. The van der Waals surface area contributed by atoms with Crippen molar-refractivity contribution < 1.29 is 14.3 Å². The van der Waals surface area contributed by atoms with Crippen LogP contribution in [0.4, 0.5) is 0 Å². The van der Waals surface area contributed by atoms with E-state index in [1.807, 2.05) is 0 Å². The summed E-state index contributed by atoms with van der Waals surface area (Å²) in [6.45, 7) is 2.13. The topological polar surface area (TPSA) is 43.4 Å². The van der Waals surface area contributed by atoms with E-state index in [-0.39, 0.29) is 17.7 Å². The molecule has 0 saturated heterocycles. The van der Waals surface area contributed by atoms with Crippen LogP contribution >= 0.6 is 0 Å². The Morgan fingerprint density at radius 1 is 1.47 bits per heavy atom.